The second-order valence-corrected chi connectivity index (χ2v) is 18.1. The molecule has 0 saturated carbocycles. The van der Waals surface area contributed by atoms with E-state index in [0.717, 1.165) is 83.5 Å². The Morgan fingerprint density at radius 3 is 0.919 bits per heavy atom. The van der Waals surface area contributed by atoms with Gasteiger partial charge in [0.05, 0.1) is 0 Å². The van der Waals surface area contributed by atoms with Gasteiger partial charge >= 0.3 is 17.9 Å². The first-order valence-corrected chi connectivity index (χ1v) is 27.0. The highest BCUT2D eigenvalue weighted by Gasteiger charge is 2.19. The van der Waals surface area contributed by atoms with Crippen LogP contribution in [0.1, 0.15) is 284 Å². The van der Waals surface area contributed by atoms with Gasteiger partial charge in [0.2, 0.25) is 0 Å². The van der Waals surface area contributed by atoms with Crippen LogP contribution in [0.15, 0.2) is 36.5 Å². The first kappa shape index (κ1) is 59.6. The third-order valence-corrected chi connectivity index (χ3v) is 11.8. The lowest BCUT2D eigenvalue weighted by molar-refractivity contribution is -0.167. The lowest BCUT2D eigenvalue weighted by Gasteiger charge is -2.18. The van der Waals surface area contributed by atoms with Gasteiger partial charge in [-0.15, -0.1) is 0 Å². The first-order valence-electron chi connectivity index (χ1n) is 27.0. The van der Waals surface area contributed by atoms with E-state index in [1.54, 1.807) is 0 Å². The number of hydrogen-bond donors (Lipinski definition) is 0. The van der Waals surface area contributed by atoms with E-state index in [-0.39, 0.29) is 31.1 Å². The summed E-state index contributed by atoms with van der Waals surface area (Å²) in [5.41, 5.74) is 0. The molecule has 0 saturated heterocycles. The van der Waals surface area contributed by atoms with Gasteiger partial charge in [0, 0.05) is 19.3 Å². The van der Waals surface area contributed by atoms with Gasteiger partial charge in [0.25, 0.3) is 0 Å². The van der Waals surface area contributed by atoms with Crippen LogP contribution in [0.25, 0.3) is 0 Å². The highest BCUT2D eigenvalue weighted by atomic mass is 16.6. The number of carbonyl (C=O) groups is 3. The Hall–Kier alpha value is -2.37. The standard InChI is InChI=1S/C56H102O6/c1-4-7-10-13-16-19-22-23-24-25-26-27-28-29-30-31-32-33-35-37-40-43-46-49-55(58)61-52-53(51-60-54(57)48-45-42-39-36-21-18-15-12-9-6-3)62-56(59)50-47-44-41-38-34-20-17-14-11-8-5-2/h12,14-15,17,25-26,53H,4-11,13,16,18-24,27-52H2,1-3H3/b15-12-,17-14-,26-25-. The summed E-state index contributed by atoms with van der Waals surface area (Å²) in [5.74, 6) is -0.891. The quantitative estimate of drug-likeness (QED) is 0.0262. The van der Waals surface area contributed by atoms with Crippen molar-refractivity contribution in [1.82, 2.24) is 0 Å². The Morgan fingerprint density at radius 1 is 0.306 bits per heavy atom. The molecule has 6 heteroatoms. The number of unbranched alkanes of at least 4 members (excludes halogenated alkanes) is 32. The summed E-state index contributed by atoms with van der Waals surface area (Å²) in [6, 6.07) is 0. The van der Waals surface area contributed by atoms with E-state index < -0.39 is 6.10 Å². The van der Waals surface area contributed by atoms with Crippen molar-refractivity contribution < 1.29 is 28.6 Å². The minimum absolute atomic E-state index is 0.0770. The average Bonchev–Trinajstić information content (AvgIpc) is 3.27. The molecule has 0 amide bonds. The summed E-state index contributed by atoms with van der Waals surface area (Å²) in [5, 5.41) is 0. The van der Waals surface area contributed by atoms with Crippen molar-refractivity contribution in [3.8, 4) is 0 Å². The van der Waals surface area contributed by atoms with Crippen LogP contribution in [0.4, 0.5) is 0 Å². The molecule has 0 rings (SSSR count). The molecule has 0 N–H and O–H groups in total. The van der Waals surface area contributed by atoms with Gasteiger partial charge in [0.15, 0.2) is 6.10 Å². The Balaban J connectivity index is 4.18. The van der Waals surface area contributed by atoms with Gasteiger partial charge in [-0.2, -0.15) is 0 Å². The minimum Gasteiger partial charge on any atom is -0.462 e. The third-order valence-electron chi connectivity index (χ3n) is 11.8. The summed E-state index contributed by atoms with van der Waals surface area (Å²) in [6.45, 7) is 6.54. The van der Waals surface area contributed by atoms with Crippen LogP contribution in [-0.2, 0) is 28.6 Å². The molecule has 0 fully saturated rings. The zero-order valence-electron chi connectivity index (χ0n) is 41.4. The van der Waals surface area contributed by atoms with Crippen molar-refractivity contribution in [2.45, 2.75) is 290 Å². The Bertz CT molecular complexity index is 1050. The maximum Gasteiger partial charge on any atom is 0.306 e. The van der Waals surface area contributed by atoms with Gasteiger partial charge in [-0.25, -0.2) is 0 Å². The van der Waals surface area contributed by atoms with E-state index in [1.807, 2.05) is 0 Å². The predicted octanol–water partition coefficient (Wildman–Crippen LogP) is 17.7. The van der Waals surface area contributed by atoms with Gasteiger partial charge in [-0.05, 0) is 83.5 Å². The summed E-state index contributed by atoms with van der Waals surface area (Å²) in [7, 11) is 0. The third kappa shape index (κ3) is 48.7. The fraction of sp³-hybridized carbons (Fsp3) is 0.839. The molecule has 0 aliphatic heterocycles. The molecule has 6 nitrogen and oxygen atoms in total. The molecule has 0 heterocycles. The maximum absolute atomic E-state index is 12.7. The van der Waals surface area contributed by atoms with Crippen LogP contribution in [0, 0.1) is 0 Å². The molecule has 1 unspecified atom stereocenters. The molecular formula is C56H102O6. The van der Waals surface area contributed by atoms with E-state index in [1.165, 1.54) is 161 Å². The molecule has 362 valence electrons. The molecule has 0 radical (unpaired) electrons. The van der Waals surface area contributed by atoms with Crippen molar-refractivity contribution in [2.24, 2.45) is 0 Å². The minimum atomic E-state index is -0.776. The van der Waals surface area contributed by atoms with Crippen molar-refractivity contribution in [3.05, 3.63) is 36.5 Å². The molecule has 0 aromatic carbocycles. The lowest BCUT2D eigenvalue weighted by atomic mass is 10.0. The number of hydrogen-bond acceptors (Lipinski definition) is 6. The van der Waals surface area contributed by atoms with Gasteiger partial charge in [0.1, 0.15) is 13.2 Å². The van der Waals surface area contributed by atoms with E-state index in [9.17, 15) is 14.4 Å². The van der Waals surface area contributed by atoms with Crippen LogP contribution >= 0.6 is 0 Å². The Kier molecular flexibility index (Phi) is 49.3. The van der Waals surface area contributed by atoms with E-state index in [4.69, 9.17) is 14.2 Å². The van der Waals surface area contributed by atoms with Gasteiger partial charge < -0.3 is 14.2 Å². The van der Waals surface area contributed by atoms with Crippen molar-refractivity contribution in [1.29, 1.82) is 0 Å². The van der Waals surface area contributed by atoms with E-state index in [0.29, 0.717) is 19.3 Å². The summed E-state index contributed by atoms with van der Waals surface area (Å²) in [6.07, 6.45) is 60.1. The van der Waals surface area contributed by atoms with Crippen molar-refractivity contribution in [3.63, 3.8) is 0 Å². The number of ether oxygens (including phenoxy) is 3. The zero-order valence-corrected chi connectivity index (χ0v) is 41.4. The van der Waals surface area contributed by atoms with E-state index >= 15 is 0 Å². The number of rotatable bonds is 49. The van der Waals surface area contributed by atoms with Gasteiger partial charge in [-0.1, -0.05) is 218 Å². The normalized spacial score (nSPS) is 12.2. The monoisotopic (exact) mass is 871 g/mol. The average molecular weight is 871 g/mol. The second-order valence-electron chi connectivity index (χ2n) is 18.1. The molecule has 0 bridgehead atoms. The fourth-order valence-electron chi connectivity index (χ4n) is 7.72. The summed E-state index contributed by atoms with van der Waals surface area (Å²) < 4.78 is 16.8. The summed E-state index contributed by atoms with van der Waals surface area (Å²) in [4.78, 5) is 37.9. The zero-order chi connectivity index (χ0) is 45.1. The van der Waals surface area contributed by atoms with Gasteiger partial charge in [-0.3, -0.25) is 14.4 Å². The number of carbonyl (C=O) groups excluding carboxylic acids is 3. The van der Waals surface area contributed by atoms with Crippen LogP contribution in [-0.4, -0.2) is 37.2 Å². The molecule has 0 aromatic heterocycles. The molecule has 0 spiro atoms. The maximum atomic E-state index is 12.7. The van der Waals surface area contributed by atoms with Crippen LogP contribution in [0.3, 0.4) is 0 Å². The van der Waals surface area contributed by atoms with Crippen LogP contribution in [0.2, 0.25) is 0 Å². The topological polar surface area (TPSA) is 78.9 Å². The van der Waals surface area contributed by atoms with Crippen molar-refractivity contribution >= 4 is 17.9 Å². The fourth-order valence-corrected chi connectivity index (χ4v) is 7.72. The smallest absolute Gasteiger partial charge is 0.306 e. The largest absolute Gasteiger partial charge is 0.462 e. The molecule has 0 aliphatic carbocycles. The van der Waals surface area contributed by atoms with Crippen molar-refractivity contribution in [2.75, 3.05) is 13.2 Å². The first-order chi connectivity index (χ1) is 30.5. The molecule has 1 atom stereocenters. The highest BCUT2D eigenvalue weighted by Crippen LogP contribution is 2.15. The summed E-state index contributed by atoms with van der Waals surface area (Å²) >= 11 is 0. The molecule has 0 aromatic rings. The molecule has 62 heavy (non-hydrogen) atoms. The van der Waals surface area contributed by atoms with Crippen LogP contribution in [0.5, 0.6) is 0 Å². The SMILES string of the molecule is CCC/C=C\CCCCCCCC(=O)OCC(COC(=O)CCCCCCCCCCCCC/C=C\CCCCCCCCCC)OC(=O)CCCCCCC/C=C\CCCC. The number of allylic oxidation sites excluding steroid dienone is 6. The Labute approximate surface area is 385 Å². The highest BCUT2D eigenvalue weighted by molar-refractivity contribution is 5.71. The second kappa shape index (κ2) is 51.3. The predicted molar refractivity (Wildman–Crippen MR) is 266 cm³/mol. The molecule has 0 aliphatic rings. The van der Waals surface area contributed by atoms with Crippen LogP contribution < -0.4 is 0 Å². The lowest BCUT2D eigenvalue weighted by Crippen LogP contribution is -2.30. The molecular weight excluding hydrogens is 769 g/mol. The Morgan fingerprint density at radius 2 is 0.581 bits per heavy atom. The van der Waals surface area contributed by atoms with E-state index in [2.05, 4.69) is 57.2 Å². The number of esters is 3.